The van der Waals surface area contributed by atoms with E-state index in [0.29, 0.717) is 10.7 Å². The Morgan fingerprint density at radius 1 is 1.04 bits per heavy atom. The molecule has 0 heterocycles. The molecule has 0 fully saturated rings. The summed E-state index contributed by atoms with van der Waals surface area (Å²) >= 11 is 6.23. The number of nitrogens with one attached hydrogen (secondary N) is 2. The number of likely N-dealkylation sites (N-methyl/N-ethyl adjacent to an activating group) is 1. The van der Waals surface area contributed by atoms with Crippen molar-refractivity contribution >= 4 is 34.8 Å². The van der Waals surface area contributed by atoms with E-state index in [1.807, 2.05) is 57.2 Å². The number of nitrogens with zero attached hydrogens (tertiary/aromatic N) is 1. The maximum absolute atomic E-state index is 12.3. The zero-order valence-electron chi connectivity index (χ0n) is 16.2. The van der Waals surface area contributed by atoms with Gasteiger partial charge in [-0.3, -0.25) is 14.5 Å². The van der Waals surface area contributed by atoms with E-state index < -0.39 is 0 Å². The SMILES string of the molecule is CCc1ccccc1NC(=O)CN(C)CC(=O)Nc1c(C)cc(C)cc1Cl. The van der Waals surface area contributed by atoms with Gasteiger partial charge in [-0.25, -0.2) is 0 Å². The zero-order valence-corrected chi connectivity index (χ0v) is 17.0. The molecule has 0 atom stereocenters. The first-order chi connectivity index (χ1) is 12.8. The van der Waals surface area contributed by atoms with E-state index >= 15 is 0 Å². The molecular weight excluding hydrogens is 362 g/mol. The number of carbonyl (C=O) groups is 2. The molecule has 2 N–H and O–H groups in total. The molecule has 2 rings (SSSR count). The normalized spacial score (nSPS) is 10.7. The van der Waals surface area contributed by atoms with Gasteiger partial charge in [-0.1, -0.05) is 42.8 Å². The Labute approximate surface area is 165 Å². The third-order valence-electron chi connectivity index (χ3n) is 4.20. The number of carbonyl (C=O) groups excluding carboxylic acids is 2. The molecule has 0 aliphatic heterocycles. The predicted octanol–water partition coefficient (Wildman–Crippen LogP) is 4.03. The van der Waals surface area contributed by atoms with Crippen LogP contribution in [-0.4, -0.2) is 36.9 Å². The van der Waals surface area contributed by atoms with E-state index in [9.17, 15) is 9.59 Å². The smallest absolute Gasteiger partial charge is 0.238 e. The summed E-state index contributed by atoms with van der Waals surface area (Å²) in [4.78, 5) is 26.2. The van der Waals surface area contributed by atoms with Crippen molar-refractivity contribution in [3.05, 3.63) is 58.1 Å². The minimum absolute atomic E-state index is 0.0898. The van der Waals surface area contributed by atoms with Crippen LogP contribution in [0.2, 0.25) is 5.02 Å². The molecular formula is C21H26ClN3O2. The molecule has 0 radical (unpaired) electrons. The number of amides is 2. The summed E-state index contributed by atoms with van der Waals surface area (Å²) in [7, 11) is 1.73. The lowest BCUT2D eigenvalue weighted by Crippen LogP contribution is -2.36. The van der Waals surface area contributed by atoms with Gasteiger partial charge >= 0.3 is 0 Å². The molecule has 6 heteroatoms. The van der Waals surface area contributed by atoms with Gasteiger partial charge in [0, 0.05) is 5.69 Å². The summed E-state index contributed by atoms with van der Waals surface area (Å²) in [5.41, 5.74) is 4.45. The van der Waals surface area contributed by atoms with Crippen molar-refractivity contribution in [2.45, 2.75) is 27.2 Å². The predicted molar refractivity (Wildman–Crippen MR) is 112 cm³/mol. The van der Waals surface area contributed by atoms with Crippen LogP contribution in [0.15, 0.2) is 36.4 Å². The van der Waals surface area contributed by atoms with Crippen molar-refractivity contribution in [2.24, 2.45) is 0 Å². The summed E-state index contributed by atoms with van der Waals surface area (Å²) < 4.78 is 0. The molecule has 0 aliphatic carbocycles. The number of para-hydroxylation sites is 1. The molecule has 2 aromatic carbocycles. The summed E-state index contributed by atoms with van der Waals surface area (Å²) in [6.07, 6.45) is 0.839. The van der Waals surface area contributed by atoms with Crippen molar-refractivity contribution in [3.8, 4) is 0 Å². The van der Waals surface area contributed by atoms with Crippen LogP contribution in [0, 0.1) is 13.8 Å². The van der Waals surface area contributed by atoms with Gasteiger partial charge in [-0.05, 0) is 56.1 Å². The molecule has 144 valence electrons. The lowest BCUT2D eigenvalue weighted by Gasteiger charge is -2.18. The Balaban J connectivity index is 1.90. The number of halogens is 1. The monoisotopic (exact) mass is 387 g/mol. The molecule has 0 spiro atoms. The van der Waals surface area contributed by atoms with E-state index in [1.54, 1.807) is 11.9 Å². The number of benzene rings is 2. The first kappa shape index (κ1) is 20.9. The van der Waals surface area contributed by atoms with Gasteiger partial charge in [0.15, 0.2) is 0 Å². The molecule has 2 amide bonds. The third-order valence-corrected chi connectivity index (χ3v) is 4.49. The van der Waals surface area contributed by atoms with Crippen LogP contribution in [0.25, 0.3) is 0 Å². The lowest BCUT2D eigenvalue weighted by molar-refractivity contribution is -0.119. The highest BCUT2D eigenvalue weighted by molar-refractivity contribution is 6.34. The number of aryl methyl sites for hydroxylation is 3. The van der Waals surface area contributed by atoms with Gasteiger partial charge in [-0.15, -0.1) is 0 Å². The van der Waals surface area contributed by atoms with Crippen molar-refractivity contribution < 1.29 is 9.59 Å². The molecule has 2 aromatic rings. The summed E-state index contributed by atoms with van der Waals surface area (Å²) in [5.74, 6) is -0.371. The molecule has 0 unspecified atom stereocenters. The van der Waals surface area contributed by atoms with Crippen LogP contribution in [0.5, 0.6) is 0 Å². The maximum Gasteiger partial charge on any atom is 0.238 e. The van der Waals surface area contributed by atoms with Gasteiger partial charge in [0.25, 0.3) is 0 Å². The second kappa shape index (κ2) is 9.53. The third kappa shape index (κ3) is 6.08. The summed E-state index contributed by atoms with van der Waals surface area (Å²) in [6, 6.07) is 11.5. The molecule has 27 heavy (non-hydrogen) atoms. The van der Waals surface area contributed by atoms with Crippen LogP contribution in [0.4, 0.5) is 11.4 Å². The topological polar surface area (TPSA) is 61.4 Å². The summed E-state index contributed by atoms with van der Waals surface area (Å²) in [5, 5.41) is 6.25. The first-order valence-electron chi connectivity index (χ1n) is 8.93. The number of rotatable bonds is 7. The molecule has 5 nitrogen and oxygen atoms in total. The van der Waals surface area contributed by atoms with Crippen molar-refractivity contribution in [2.75, 3.05) is 30.8 Å². The second-order valence-electron chi connectivity index (χ2n) is 6.72. The Kier molecular flexibility index (Phi) is 7.39. The fourth-order valence-corrected chi connectivity index (χ4v) is 3.31. The Morgan fingerprint density at radius 3 is 2.30 bits per heavy atom. The highest BCUT2D eigenvalue weighted by Gasteiger charge is 2.14. The minimum atomic E-state index is -0.215. The van der Waals surface area contributed by atoms with Gasteiger partial charge in [0.05, 0.1) is 23.8 Å². The van der Waals surface area contributed by atoms with Gasteiger partial charge in [0.2, 0.25) is 11.8 Å². The molecule has 0 saturated heterocycles. The zero-order chi connectivity index (χ0) is 20.0. The van der Waals surface area contributed by atoms with E-state index in [1.165, 1.54) is 0 Å². The highest BCUT2D eigenvalue weighted by Crippen LogP contribution is 2.27. The van der Waals surface area contributed by atoms with Crippen LogP contribution in [0.3, 0.4) is 0 Å². The van der Waals surface area contributed by atoms with Crippen LogP contribution >= 0.6 is 11.6 Å². The Hall–Kier alpha value is -2.37. The molecule has 0 bridgehead atoms. The first-order valence-corrected chi connectivity index (χ1v) is 9.30. The molecule has 0 aromatic heterocycles. The average molecular weight is 388 g/mol. The van der Waals surface area contributed by atoms with E-state index in [0.717, 1.165) is 28.8 Å². The quantitative estimate of drug-likeness (QED) is 0.754. The standard InChI is InChI=1S/C21H26ClN3O2/c1-5-16-8-6-7-9-18(16)23-19(26)12-25(4)13-20(27)24-21-15(3)10-14(2)11-17(21)22/h6-11H,5,12-13H2,1-4H3,(H,23,26)(H,24,27). The lowest BCUT2D eigenvalue weighted by atomic mass is 10.1. The second-order valence-corrected chi connectivity index (χ2v) is 7.13. The van der Waals surface area contributed by atoms with E-state index in [2.05, 4.69) is 10.6 Å². The number of anilines is 2. The Bertz CT molecular complexity index is 813. The highest BCUT2D eigenvalue weighted by atomic mass is 35.5. The Morgan fingerprint density at radius 2 is 1.67 bits per heavy atom. The van der Waals surface area contributed by atoms with Gasteiger partial charge in [0.1, 0.15) is 0 Å². The minimum Gasteiger partial charge on any atom is -0.325 e. The van der Waals surface area contributed by atoms with Gasteiger partial charge in [-0.2, -0.15) is 0 Å². The fourth-order valence-electron chi connectivity index (χ4n) is 2.94. The number of hydrogen-bond acceptors (Lipinski definition) is 3. The van der Waals surface area contributed by atoms with Gasteiger partial charge < -0.3 is 10.6 Å². The van der Waals surface area contributed by atoms with E-state index in [4.69, 9.17) is 11.6 Å². The number of hydrogen-bond donors (Lipinski definition) is 2. The largest absolute Gasteiger partial charge is 0.325 e. The van der Waals surface area contributed by atoms with E-state index in [-0.39, 0.29) is 24.9 Å². The van der Waals surface area contributed by atoms with Crippen LogP contribution < -0.4 is 10.6 Å². The van der Waals surface area contributed by atoms with Crippen LogP contribution in [-0.2, 0) is 16.0 Å². The van der Waals surface area contributed by atoms with Crippen LogP contribution in [0.1, 0.15) is 23.6 Å². The molecule has 0 saturated carbocycles. The van der Waals surface area contributed by atoms with Crippen molar-refractivity contribution in [3.63, 3.8) is 0 Å². The maximum atomic E-state index is 12.3. The molecule has 0 aliphatic rings. The van der Waals surface area contributed by atoms with Crippen molar-refractivity contribution in [1.82, 2.24) is 4.90 Å². The van der Waals surface area contributed by atoms with Crippen molar-refractivity contribution in [1.29, 1.82) is 0 Å². The summed E-state index contributed by atoms with van der Waals surface area (Å²) in [6.45, 7) is 6.10. The fraction of sp³-hybridized carbons (Fsp3) is 0.333. The average Bonchev–Trinajstić information content (AvgIpc) is 2.58.